The maximum Gasteiger partial charge on any atom is 0.239 e. The molecule has 33 heavy (non-hydrogen) atoms. The number of unbranched alkanes of at least 4 members (excludes halogenated alkanes) is 4. The van der Waals surface area contributed by atoms with Gasteiger partial charge >= 0.3 is 0 Å². The highest BCUT2D eigenvalue weighted by Crippen LogP contribution is 2.24. The minimum Gasteiger partial charge on any atom is -0.494 e. The number of rotatable bonds is 12. The summed E-state index contributed by atoms with van der Waals surface area (Å²) in [5.74, 6) is 1.36. The van der Waals surface area contributed by atoms with Gasteiger partial charge in [0.2, 0.25) is 5.91 Å². The van der Waals surface area contributed by atoms with E-state index >= 15 is 0 Å². The summed E-state index contributed by atoms with van der Waals surface area (Å²) in [5, 5.41) is 11.5. The third-order valence-electron chi connectivity index (χ3n) is 5.60. The molecule has 1 saturated heterocycles. The molecule has 1 aliphatic rings. The van der Waals surface area contributed by atoms with Gasteiger partial charge in [0.15, 0.2) is 5.17 Å². The van der Waals surface area contributed by atoms with Crippen molar-refractivity contribution in [3.8, 4) is 5.75 Å². The van der Waals surface area contributed by atoms with Crippen LogP contribution in [-0.2, 0) is 11.2 Å². The van der Waals surface area contributed by atoms with Crippen molar-refractivity contribution in [1.29, 1.82) is 0 Å². The van der Waals surface area contributed by atoms with E-state index in [1.54, 1.807) is 6.21 Å². The summed E-state index contributed by atoms with van der Waals surface area (Å²) in [6.45, 7) is 7.33. The van der Waals surface area contributed by atoms with Crippen LogP contribution in [0.5, 0.6) is 5.75 Å². The number of amidine groups is 1. The third-order valence-corrected chi connectivity index (χ3v) is 6.67. The highest BCUT2D eigenvalue weighted by atomic mass is 32.2. The highest BCUT2D eigenvalue weighted by Gasteiger charge is 2.30. The van der Waals surface area contributed by atoms with Gasteiger partial charge in [-0.25, -0.2) is 0 Å². The van der Waals surface area contributed by atoms with Crippen molar-refractivity contribution >= 4 is 29.1 Å². The summed E-state index contributed by atoms with van der Waals surface area (Å²) in [6, 6.07) is 16.3. The molecule has 1 amide bonds. The minimum absolute atomic E-state index is 0.0157. The molecule has 0 aromatic heterocycles. The van der Waals surface area contributed by atoms with Crippen molar-refractivity contribution in [1.82, 2.24) is 5.32 Å². The lowest BCUT2D eigenvalue weighted by molar-refractivity contribution is -0.118. The Balaban J connectivity index is 1.44. The lowest BCUT2D eigenvalue weighted by Crippen LogP contribution is -2.25. The van der Waals surface area contributed by atoms with E-state index < -0.39 is 0 Å². The Morgan fingerprint density at radius 1 is 1.03 bits per heavy atom. The van der Waals surface area contributed by atoms with Crippen LogP contribution in [0.4, 0.5) is 0 Å². The fourth-order valence-corrected chi connectivity index (χ4v) is 4.50. The summed E-state index contributed by atoms with van der Waals surface area (Å²) in [4.78, 5) is 12.3. The Morgan fingerprint density at radius 3 is 2.45 bits per heavy atom. The van der Waals surface area contributed by atoms with E-state index in [4.69, 9.17) is 4.74 Å². The molecule has 0 spiro atoms. The number of amides is 1. The molecule has 3 rings (SSSR count). The Morgan fingerprint density at radius 2 is 1.76 bits per heavy atom. The Labute approximate surface area is 202 Å². The standard InChI is InChI=1S/C27H35N3O2S/c1-4-5-6-7-8-17-32-24-15-11-22(12-16-24)19-28-30-27-29-26(31)25(33-27)18-21-9-13-23(14-10-21)20(2)3/h9-16,19-20,25H,4-8,17-18H2,1-3H3,(H,29,30,31)/b28-19+. The quantitative estimate of drug-likeness (QED) is 0.226. The summed E-state index contributed by atoms with van der Waals surface area (Å²) < 4.78 is 5.79. The molecule has 1 fully saturated rings. The zero-order chi connectivity index (χ0) is 23.5. The number of thioether (sulfide) groups is 1. The van der Waals surface area contributed by atoms with E-state index in [9.17, 15) is 4.79 Å². The first kappa shape index (κ1) is 25.0. The molecule has 1 heterocycles. The van der Waals surface area contributed by atoms with Gasteiger partial charge < -0.3 is 10.1 Å². The fourth-order valence-electron chi connectivity index (χ4n) is 3.53. The molecule has 1 N–H and O–H groups in total. The number of nitrogens with zero attached hydrogens (tertiary/aromatic N) is 2. The van der Waals surface area contributed by atoms with E-state index in [0.29, 0.717) is 17.5 Å². The zero-order valence-electron chi connectivity index (χ0n) is 19.9. The van der Waals surface area contributed by atoms with Crippen LogP contribution in [0.25, 0.3) is 0 Å². The minimum atomic E-state index is -0.178. The number of nitrogens with one attached hydrogen (secondary N) is 1. The van der Waals surface area contributed by atoms with Crippen LogP contribution in [0.3, 0.4) is 0 Å². The molecule has 0 aliphatic carbocycles. The van der Waals surface area contributed by atoms with Gasteiger partial charge in [-0.1, -0.05) is 82.5 Å². The second-order valence-electron chi connectivity index (χ2n) is 8.68. The number of benzene rings is 2. The van der Waals surface area contributed by atoms with Crippen molar-refractivity contribution in [3.05, 3.63) is 65.2 Å². The summed E-state index contributed by atoms with van der Waals surface area (Å²) in [6.07, 6.45) is 8.51. The summed E-state index contributed by atoms with van der Waals surface area (Å²) >= 11 is 1.43. The lowest BCUT2D eigenvalue weighted by atomic mass is 10.0. The van der Waals surface area contributed by atoms with Crippen LogP contribution in [-0.4, -0.2) is 29.1 Å². The monoisotopic (exact) mass is 465 g/mol. The van der Waals surface area contributed by atoms with Crippen molar-refractivity contribution in [2.75, 3.05) is 6.61 Å². The summed E-state index contributed by atoms with van der Waals surface area (Å²) in [5.41, 5.74) is 3.40. The largest absolute Gasteiger partial charge is 0.494 e. The number of carbonyl (C=O) groups excluding carboxylic acids is 1. The first-order valence-electron chi connectivity index (χ1n) is 12.0. The molecule has 176 valence electrons. The van der Waals surface area contributed by atoms with Gasteiger partial charge in [0.1, 0.15) is 5.75 Å². The van der Waals surface area contributed by atoms with Crippen LogP contribution in [0, 0.1) is 0 Å². The number of hydrogen-bond acceptors (Lipinski definition) is 5. The van der Waals surface area contributed by atoms with Crippen LogP contribution < -0.4 is 10.1 Å². The van der Waals surface area contributed by atoms with Gasteiger partial charge in [0.05, 0.1) is 18.1 Å². The number of ether oxygens (including phenoxy) is 1. The van der Waals surface area contributed by atoms with E-state index in [1.807, 2.05) is 24.3 Å². The molecule has 1 atom stereocenters. The van der Waals surface area contributed by atoms with Gasteiger partial charge in [0.25, 0.3) is 0 Å². The number of carbonyl (C=O) groups is 1. The van der Waals surface area contributed by atoms with E-state index in [2.05, 4.69) is 60.6 Å². The van der Waals surface area contributed by atoms with Crippen molar-refractivity contribution in [3.63, 3.8) is 0 Å². The molecular weight excluding hydrogens is 430 g/mol. The van der Waals surface area contributed by atoms with E-state index in [0.717, 1.165) is 29.9 Å². The van der Waals surface area contributed by atoms with Crippen LogP contribution in [0.2, 0.25) is 0 Å². The topological polar surface area (TPSA) is 63.1 Å². The molecular formula is C27H35N3O2S. The van der Waals surface area contributed by atoms with E-state index in [1.165, 1.54) is 43.0 Å². The van der Waals surface area contributed by atoms with Crippen LogP contribution in [0.15, 0.2) is 58.7 Å². The first-order chi connectivity index (χ1) is 16.0. The summed E-state index contributed by atoms with van der Waals surface area (Å²) in [7, 11) is 0. The molecule has 5 nitrogen and oxygen atoms in total. The van der Waals surface area contributed by atoms with Crippen LogP contribution >= 0.6 is 11.8 Å². The molecule has 0 saturated carbocycles. The average Bonchev–Trinajstić information content (AvgIpc) is 3.16. The molecule has 1 aliphatic heterocycles. The predicted octanol–water partition coefficient (Wildman–Crippen LogP) is 6.32. The number of hydrogen-bond donors (Lipinski definition) is 1. The smallest absolute Gasteiger partial charge is 0.239 e. The van der Waals surface area contributed by atoms with Gasteiger partial charge in [-0.05, 0) is 59.7 Å². The maximum atomic E-state index is 12.3. The molecule has 2 aromatic rings. The normalized spacial score (nSPS) is 17.3. The van der Waals surface area contributed by atoms with Gasteiger partial charge in [0, 0.05) is 0 Å². The molecule has 1 unspecified atom stereocenters. The zero-order valence-corrected chi connectivity index (χ0v) is 20.7. The molecule has 0 bridgehead atoms. The second kappa shape index (κ2) is 13.2. The highest BCUT2D eigenvalue weighted by molar-refractivity contribution is 8.15. The average molecular weight is 466 g/mol. The van der Waals surface area contributed by atoms with Gasteiger partial charge in [-0.15, -0.1) is 5.10 Å². The Kier molecular flexibility index (Phi) is 10.0. The first-order valence-corrected chi connectivity index (χ1v) is 12.8. The van der Waals surface area contributed by atoms with Crippen molar-refractivity contribution in [2.45, 2.75) is 70.5 Å². The SMILES string of the molecule is CCCCCCCOc1ccc(/C=N/N=C2\NC(=O)C(Cc3ccc(C(C)C)cc3)S2)cc1. The van der Waals surface area contributed by atoms with Gasteiger partial charge in [-0.3, -0.25) is 4.79 Å². The second-order valence-corrected chi connectivity index (χ2v) is 9.87. The molecule has 6 heteroatoms. The predicted molar refractivity (Wildman–Crippen MR) is 139 cm³/mol. The van der Waals surface area contributed by atoms with Crippen molar-refractivity contribution in [2.24, 2.45) is 10.2 Å². The third kappa shape index (κ3) is 8.35. The molecule has 2 aromatic carbocycles. The lowest BCUT2D eigenvalue weighted by Gasteiger charge is -2.08. The Bertz CT molecular complexity index is 937. The van der Waals surface area contributed by atoms with Crippen LogP contribution in [0.1, 0.15) is 75.5 Å². The fraction of sp³-hybridized carbons (Fsp3) is 0.444. The molecule has 0 radical (unpaired) electrons. The van der Waals surface area contributed by atoms with Crippen molar-refractivity contribution < 1.29 is 9.53 Å². The van der Waals surface area contributed by atoms with E-state index in [-0.39, 0.29) is 11.2 Å². The van der Waals surface area contributed by atoms with Gasteiger partial charge in [-0.2, -0.15) is 5.10 Å². The maximum absolute atomic E-state index is 12.3. The Hall–Kier alpha value is -2.60.